The maximum absolute atomic E-state index is 6.16. The lowest BCUT2D eigenvalue weighted by molar-refractivity contribution is 0.0497. The van der Waals surface area contributed by atoms with E-state index in [1.54, 1.807) is 6.20 Å². The van der Waals surface area contributed by atoms with Crippen molar-refractivity contribution in [1.82, 2.24) is 9.88 Å². The monoisotopic (exact) mass is 371 g/mol. The molecule has 1 aliphatic rings. The predicted molar refractivity (Wildman–Crippen MR) is 108 cm³/mol. The highest BCUT2D eigenvalue weighted by atomic mass is 35.5. The van der Waals surface area contributed by atoms with Gasteiger partial charge in [0.15, 0.2) is 0 Å². The lowest BCUT2D eigenvalue weighted by Gasteiger charge is -2.28. The molecule has 3 rings (SSSR count). The summed E-state index contributed by atoms with van der Waals surface area (Å²) in [5.41, 5.74) is 4.03. The Bertz CT molecular complexity index is 703. The van der Waals surface area contributed by atoms with E-state index in [0.29, 0.717) is 5.15 Å². The van der Waals surface area contributed by atoms with Gasteiger partial charge in [0.05, 0.1) is 13.2 Å². The zero-order valence-corrected chi connectivity index (χ0v) is 16.7. The van der Waals surface area contributed by atoms with E-state index >= 15 is 0 Å². The predicted octanol–water partition coefficient (Wildman–Crippen LogP) is 5.05. The van der Waals surface area contributed by atoms with Crippen molar-refractivity contribution in [2.24, 2.45) is 0 Å². The van der Waals surface area contributed by atoms with Crippen LogP contribution in [0.3, 0.4) is 0 Å². The number of ether oxygens (including phenoxy) is 1. The number of nitrogens with zero attached hydrogens (tertiary/aromatic N) is 2. The summed E-state index contributed by atoms with van der Waals surface area (Å²) in [4.78, 5) is 6.50. The Kier molecular flexibility index (Phi) is 6.33. The Morgan fingerprint density at radius 1 is 1.12 bits per heavy atom. The van der Waals surface area contributed by atoms with Crippen molar-refractivity contribution < 1.29 is 4.74 Å². The zero-order chi connectivity index (χ0) is 18.6. The van der Waals surface area contributed by atoms with Gasteiger partial charge in [0.25, 0.3) is 0 Å². The highest BCUT2D eigenvalue weighted by Crippen LogP contribution is 2.32. The summed E-state index contributed by atoms with van der Waals surface area (Å²) in [7, 11) is 0. The van der Waals surface area contributed by atoms with Crippen molar-refractivity contribution >= 4 is 11.6 Å². The summed E-state index contributed by atoms with van der Waals surface area (Å²) in [5, 5.41) is 0.546. The molecule has 1 aromatic carbocycles. The molecule has 3 nitrogen and oxygen atoms in total. The van der Waals surface area contributed by atoms with Crippen LogP contribution in [0.1, 0.15) is 49.8 Å². The van der Waals surface area contributed by atoms with E-state index in [9.17, 15) is 0 Å². The second-order valence-corrected chi connectivity index (χ2v) is 8.29. The Balaban J connectivity index is 1.82. The van der Waals surface area contributed by atoms with Crippen molar-refractivity contribution in [3.63, 3.8) is 0 Å². The maximum atomic E-state index is 6.16. The summed E-state index contributed by atoms with van der Waals surface area (Å²) >= 11 is 6.16. The minimum Gasteiger partial charge on any atom is -0.379 e. The van der Waals surface area contributed by atoms with E-state index in [-0.39, 0.29) is 11.3 Å². The average molecular weight is 372 g/mol. The van der Waals surface area contributed by atoms with Gasteiger partial charge in [-0.1, -0.05) is 56.6 Å². The molecule has 0 bridgehead atoms. The quantitative estimate of drug-likeness (QED) is 0.688. The molecule has 1 atom stereocenters. The number of halogens is 1. The Morgan fingerprint density at radius 2 is 1.81 bits per heavy atom. The van der Waals surface area contributed by atoms with Crippen molar-refractivity contribution in [3.05, 3.63) is 71.0 Å². The largest absolute Gasteiger partial charge is 0.379 e. The van der Waals surface area contributed by atoms with Crippen LogP contribution < -0.4 is 0 Å². The lowest BCUT2D eigenvalue weighted by Crippen LogP contribution is -2.34. The average Bonchev–Trinajstić information content (AvgIpc) is 2.63. The molecule has 0 saturated carbocycles. The van der Waals surface area contributed by atoms with Crippen molar-refractivity contribution in [2.75, 3.05) is 26.3 Å². The second kappa shape index (κ2) is 8.51. The molecule has 139 valence electrons. The summed E-state index contributed by atoms with van der Waals surface area (Å²) < 4.78 is 5.45. The minimum absolute atomic E-state index is 0.161. The summed E-state index contributed by atoms with van der Waals surface area (Å²) in [6.45, 7) is 12.6. The minimum atomic E-state index is 0.161. The van der Waals surface area contributed by atoms with Crippen LogP contribution in [0.2, 0.25) is 5.15 Å². The van der Waals surface area contributed by atoms with Gasteiger partial charge < -0.3 is 4.74 Å². The van der Waals surface area contributed by atoms with Crippen molar-refractivity contribution in [1.29, 1.82) is 0 Å². The lowest BCUT2D eigenvalue weighted by atomic mass is 9.83. The molecule has 2 aromatic rings. The standard InChI is InChI=1S/C22H28ClN2O/c1-22(2,3)19-6-4-17(5-7-19)20(18-8-10-24-21(23)16-18)9-11-25-12-14-26-15-13-25/h4-8,10-11,16,20H,9,12-15H2,1-3H3. The fraction of sp³-hybridized carbons (Fsp3) is 0.455. The smallest absolute Gasteiger partial charge is 0.129 e. The molecule has 0 N–H and O–H groups in total. The van der Waals surface area contributed by atoms with Crippen LogP contribution in [0.4, 0.5) is 0 Å². The third kappa shape index (κ3) is 5.06. The summed E-state index contributed by atoms with van der Waals surface area (Å²) in [6.07, 6.45) is 2.73. The molecule has 2 heterocycles. The number of rotatable bonds is 5. The van der Waals surface area contributed by atoms with Crippen LogP contribution in [0, 0.1) is 6.54 Å². The molecule has 1 saturated heterocycles. The number of aromatic nitrogens is 1. The van der Waals surface area contributed by atoms with Gasteiger partial charge in [-0.15, -0.1) is 0 Å². The molecule has 0 aliphatic carbocycles. The number of hydrogen-bond donors (Lipinski definition) is 0. The SMILES string of the molecule is CC(C)(C)c1ccc(C(C[CH]N2CCOCC2)c2ccnc(Cl)c2)cc1. The fourth-order valence-electron chi connectivity index (χ4n) is 3.33. The number of pyridine rings is 1. The normalized spacial score (nSPS) is 17.2. The van der Waals surface area contributed by atoms with Crippen LogP contribution in [0.25, 0.3) is 0 Å². The van der Waals surface area contributed by atoms with E-state index in [1.165, 1.54) is 16.7 Å². The Morgan fingerprint density at radius 3 is 2.42 bits per heavy atom. The molecule has 1 aromatic heterocycles. The maximum Gasteiger partial charge on any atom is 0.129 e. The number of morpholine rings is 1. The van der Waals surface area contributed by atoms with Crippen LogP contribution in [0.15, 0.2) is 42.6 Å². The van der Waals surface area contributed by atoms with Crippen molar-refractivity contribution in [3.8, 4) is 0 Å². The summed E-state index contributed by atoms with van der Waals surface area (Å²) in [6, 6.07) is 13.1. The van der Waals surface area contributed by atoms with E-state index in [0.717, 1.165) is 32.7 Å². The number of benzene rings is 1. The van der Waals surface area contributed by atoms with Gasteiger partial charge in [-0.3, -0.25) is 4.90 Å². The van der Waals surface area contributed by atoms with Gasteiger partial charge in [-0.05, 0) is 40.7 Å². The third-order valence-corrected chi connectivity index (χ3v) is 5.18. The molecule has 0 amide bonds. The molecular formula is C22H28ClN2O. The van der Waals surface area contributed by atoms with Gasteiger partial charge in [0, 0.05) is 31.7 Å². The zero-order valence-electron chi connectivity index (χ0n) is 15.9. The molecule has 1 aliphatic heterocycles. The first-order valence-electron chi connectivity index (χ1n) is 9.30. The fourth-order valence-corrected chi connectivity index (χ4v) is 3.51. The first-order chi connectivity index (χ1) is 12.4. The van der Waals surface area contributed by atoms with Crippen LogP contribution in [-0.2, 0) is 10.2 Å². The first kappa shape index (κ1) is 19.3. The van der Waals surface area contributed by atoms with Crippen molar-refractivity contribution in [2.45, 2.75) is 38.5 Å². The molecule has 1 radical (unpaired) electrons. The molecule has 1 fully saturated rings. The third-order valence-electron chi connectivity index (χ3n) is 4.98. The number of hydrogen-bond acceptors (Lipinski definition) is 3. The molecule has 1 unspecified atom stereocenters. The summed E-state index contributed by atoms with van der Waals surface area (Å²) in [5.74, 6) is 0.271. The highest BCUT2D eigenvalue weighted by Gasteiger charge is 2.20. The molecule has 4 heteroatoms. The van der Waals surface area contributed by atoms with Gasteiger partial charge in [0.2, 0.25) is 0 Å². The topological polar surface area (TPSA) is 25.4 Å². The first-order valence-corrected chi connectivity index (χ1v) is 9.68. The van der Waals surface area contributed by atoms with E-state index in [1.807, 2.05) is 6.07 Å². The Labute approximate surface area is 162 Å². The highest BCUT2D eigenvalue weighted by molar-refractivity contribution is 6.29. The van der Waals surface area contributed by atoms with Gasteiger partial charge in [0.1, 0.15) is 5.15 Å². The van der Waals surface area contributed by atoms with Gasteiger partial charge in [-0.2, -0.15) is 0 Å². The molecule has 26 heavy (non-hydrogen) atoms. The van der Waals surface area contributed by atoms with Gasteiger partial charge >= 0.3 is 0 Å². The van der Waals surface area contributed by atoms with Crippen LogP contribution in [-0.4, -0.2) is 36.2 Å². The van der Waals surface area contributed by atoms with E-state index < -0.39 is 0 Å². The van der Waals surface area contributed by atoms with Gasteiger partial charge in [-0.25, -0.2) is 4.98 Å². The van der Waals surface area contributed by atoms with Crippen LogP contribution in [0.5, 0.6) is 0 Å². The second-order valence-electron chi connectivity index (χ2n) is 7.90. The molecular weight excluding hydrogens is 344 g/mol. The van der Waals surface area contributed by atoms with E-state index in [4.69, 9.17) is 16.3 Å². The Hall–Kier alpha value is -1.42. The van der Waals surface area contributed by atoms with Crippen LogP contribution >= 0.6 is 11.6 Å². The molecule has 0 spiro atoms. The van der Waals surface area contributed by atoms with E-state index in [2.05, 4.69) is 67.5 Å².